The quantitative estimate of drug-likeness (QED) is 0.326. The first-order valence-electron chi connectivity index (χ1n) is 9.24. The van der Waals surface area contributed by atoms with E-state index in [1.54, 1.807) is 19.0 Å². The number of fused-ring (bicyclic) bond motifs is 1. The predicted octanol–water partition coefficient (Wildman–Crippen LogP) is 3.71. The molecule has 0 aromatic heterocycles. The van der Waals surface area contributed by atoms with Gasteiger partial charge in [-0.05, 0) is 23.8 Å². The first kappa shape index (κ1) is 23.5. The molecular weight excluding hydrogens is 547 g/mol. The van der Waals surface area contributed by atoms with Gasteiger partial charge in [0.05, 0.1) is 25.7 Å². The Labute approximate surface area is 197 Å². The minimum Gasteiger partial charge on any atom is -0.493 e. The first-order chi connectivity index (χ1) is 13.5. The number of ether oxygens (including phenoxy) is 1. The predicted molar refractivity (Wildman–Crippen MR) is 130 cm³/mol. The van der Waals surface area contributed by atoms with Crippen LogP contribution in [0.3, 0.4) is 0 Å². The number of guanidine groups is 1. The van der Waals surface area contributed by atoms with Gasteiger partial charge in [0, 0.05) is 30.6 Å². The third-order valence-electron chi connectivity index (χ3n) is 4.51. The second kappa shape index (κ2) is 11.4. The summed E-state index contributed by atoms with van der Waals surface area (Å²) in [6.45, 7) is 1.35. The minimum atomic E-state index is -0.00878. The van der Waals surface area contributed by atoms with Gasteiger partial charge in [-0.15, -0.1) is 24.0 Å². The fraction of sp³-hybridized carbons (Fsp3) is 0.333. The molecular formula is C21H26BrIN4O2. The average molecular weight is 573 g/mol. The standard InChI is InChI=1S/C21H25BrN4O2.HI/c1-26(2)20(27)14-24-21(23-13-15-7-9-16(22)10-8-15)25-18-11-12-28-19-6-4-3-5-17(18)19;/h3-10,18H,11-14H2,1-2H3,(H2,23,24,25);1H. The molecule has 1 aliphatic heterocycles. The van der Waals surface area contributed by atoms with Crippen molar-refractivity contribution in [2.75, 3.05) is 27.2 Å². The van der Waals surface area contributed by atoms with Crippen LogP contribution in [0, 0.1) is 0 Å². The van der Waals surface area contributed by atoms with Gasteiger partial charge in [-0.2, -0.15) is 0 Å². The second-order valence-corrected chi connectivity index (χ2v) is 7.72. The minimum absolute atomic E-state index is 0. The lowest BCUT2D eigenvalue weighted by molar-refractivity contribution is -0.127. The van der Waals surface area contributed by atoms with E-state index < -0.39 is 0 Å². The molecule has 0 spiro atoms. The summed E-state index contributed by atoms with van der Waals surface area (Å²) in [4.78, 5) is 18.3. The Morgan fingerprint density at radius 2 is 1.93 bits per heavy atom. The van der Waals surface area contributed by atoms with Gasteiger partial charge in [-0.1, -0.05) is 46.3 Å². The third-order valence-corrected chi connectivity index (χ3v) is 5.04. The number of para-hydroxylation sites is 1. The number of benzene rings is 2. The highest BCUT2D eigenvalue weighted by Gasteiger charge is 2.22. The molecule has 6 nitrogen and oxygen atoms in total. The van der Waals surface area contributed by atoms with Crippen LogP contribution in [-0.2, 0) is 11.3 Å². The zero-order chi connectivity index (χ0) is 19.9. The Bertz CT molecular complexity index is 843. The molecule has 1 unspecified atom stereocenters. The monoisotopic (exact) mass is 572 g/mol. The lowest BCUT2D eigenvalue weighted by Gasteiger charge is -2.28. The maximum absolute atomic E-state index is 12.0. The van der Waals surface area contributed by atoms with E-state index in [2.05, 4.69) is 37.6 Å². The molecule has 29 heavy (non-hydrogen) atoms. The van der Waals surface area contributed by atoms with Crippen LogP contribution in [0.2, 0.25) is 0 Å². The molecule has 0 fully saturated rings. The summed E-state index contributed by atoms with van der Waals surface area (Å²) in [7, 11) is 3.48. The maximum Gasteiger partial charge on any atom is 0.241 e. The van der Waals surface area contributed by atoms with Crippen molar-refractivity contribution in [1.82, 2.24) is 15.5 Å². The number of rotatable bonds is 5. The molecule has 0 bridgehead atoms. The summed E-state index contributed by atoms with van der Waals surface area (Å²) in [6.07, 6.45) is 0.831. The number of likely N-dealkylation sites (N-methyl/N-ethyl adjacent to an activating group) is 1. The summed E-state index contributed by atoms with van der Waals surface area (Å²) < 4.78 is 6.77. The number of nitrogens with zero attached hydrogens (tertiary/aromatic N) is 2. The van der Waals surface area contributed by atoms with Crippen LogP contribution in [0.1, 0.15) is 23.6 Å². The normalized spacial score (nSPS) is 15.4. The summed E-state index contributed by atoms with van der Waals surface area (Å²) in [5, 5.41) is 6.63. The molecule has 3 rings (SSSR count). The highest BCUT2D eigenvalue weighted by Crippen LogP contribution is 2.31. The molecule has 1 heterocycles. The Hall–Kier alpha value is -1.81. The van der Waals surface area contributed by atoms with E-state index in [4.69, 9.17) is 4.74 Å². The Kier molecular flexibility index (Phi) is 9.22. The van der Waals surface area contributed by atoms with E-state index in [9.17, 15) is 4.79 Å². The van der Waals surface area contributed by atoms with E-state index in [-0.39, 0.29) is 42.5 Å². The molecule has 0 saturated heterocycles. The smallest absolute Gasteiger partial charge is 0.241 e. The van der Waals surface area contributed by atoms with Crippen molar-refractivity contribution in [3.8, 4) is 5.75 Å². The molecule has 0 saturated carbocycles. The van der Waals surface area contributed by atoms with E-state index in [0.29, 0.717) is 19.1 Å². The van der Waals surface area contributed by atoms with E-state index >= 15 is 0 Å². The van der Waals surface area contributed by atoms with Crippen LogP contribution in [0.15, 0.2) is 58.0 Å². The van der Waals surface area contributed by atoms with Crippen LogP contribution in [-0.4, -0.2) is 44.0 Å². The molecule has 1 aliphatic rings. The second-order valence-electron chi connectivity index (χ2n) is 6.80. The molecule has 0 aliphatic carbocycles. The van der Waals surface area contributed by atoms with Crippen LogP contribution in [0.25, 0.3) is 0 Å². The Morgan fingerprint density at radius 1 is 1.21 bits per heavy atom. The number of carbonyl (C=O) groups is 1. The molecule has 2 N–H and O–H groups in total. The van der Waals surface area contributed by atoms with E-state index in [0.717, 1.165) is 27.8 Å². The van der Waals surface area contributed by atoms with Crippen LogP contribution < -0.4 is 15.4 Å². The average Bonchev–Trinajstić information content (AvgIpc) is 2.71. The highest BCUT2D eigenvalue weighted by atomic mass is 127. The van der Waals surface area contributed by atoms with Crippen molar-refractivity contribution in [3.63, 3.8) is 0 Å². The number of hydrogen-bond donors (Lipinski definition) is 2. The van der Waals surface area contributed by atoms with Gasteiger partial charge in [0.25, 0.3) is 0 Å². The van der Waals surface area contributed by atoms with Gasteiger partial charge in [0.2, 0.25) is 5.91 Å². The lowest BCUT2D eigenvalue weighted by Crippen LogP contribution is -2.45. The van der Waals surface area contributed by atoms with Crippen LogP contribution in [0.5, 0.6) is 5.75 Å². The summed E-state index contributed by atoms with van der Waals surface area (Å²) in [5.74, 6) is 1.49. The lowest BCUT2D eigenvalue weighted by atomic mass is 10.0. The molecule has 8 heteroatoms. The summed E-state index contributed by atoms with van der Waals surface area (Å²) >= 11 is 3.45. The van der Waals surface area contributed by atoms with Crippen molar-refractivity contribution in [1.29, 1.82) is 0 Å². The number of amides is 1. The van der Waals surface area contributed by atoms with Crippen molar-refractivity contribution in [2.24, 2.45) is 4.99 Å². The fourth-order valence-corrected chi connectivity index (χ4v) is 3.15. The number of aliphatic imine (C=N–C) groups is 1. The van der Waals surface area contributed by atoms with Crippen LogP contribution >= 0.6 is 39.9 Å². The Balaban J connectivity index is 0.00000300. The topological polar surface area (TPSA) is 66.0 Å². The molecule has 1 amide bonds. The molecule has 1 atom stereocenters. The zero-order valence-electron chi connectivity index (χ0n) is 16.5. The third kappa shape index (κ3) is 6.88. The van der Waals surface area contributed by atoms with Gasteiger partial charge < -0.3 is 20.3 Å². The Morgan fingerprint density at radius 3 is 2.66 bits per heavy atom. The van der Waals surface area contributed by atoms with Gasteiger partial charge in [-0.25, -0.2) is 4.99 Å². The van der Waals surface area contributed by atoms with Crippen molar-refractivity contribution >= 4 is 51.8 Å². The molecule has 2 aromatic rings. The highest BCUT2D eigenvalue weighted by molar-refractivity contribution is 14.0. The molecule has 0 radical (unpaired) electrons. The van der Waals surface area contributed by atoms with Gasteiger partial charge >= 0.3 is 0 Å². The van der Waals surface area contributed by atoms with E-state index in [1.165, 1.54) is 0 Å². The van der Waals surface area contributed by atoms with Crippen molar-refractivity contribution in [3.05, 3.63) is 64.1 Å². The zero-order valence-corrected chi connectivity index (χ0v) is 20.4. The number of hydrogen-bond acceptors (Lipinski definition) is 3. The number of carbonyl (C=O) groups excluding carboxylic acids is 1. The van der Waals surface area contributed by atoms with Gasteiger partial charge in [-0.3, -0.25) is 4.79 Å². The first-order valence-corrected chi connectivity index (χ1v) is 10.0. The fourth-order valence-electron chi connectivity index (χ4n) is 2.89. The van der Waals surface area contributed by atoms with Gasteiger partial charge in [0.15, 0.2) is 5.96 Å². The maximum atomic E-state index is 12.0. The molecule has 156 valence electrons. The summed E-state index contributed by atoms with van der Waals surface area (Å²) in [6, 6.07) is 16.1. The summed E-state index contributed by atoms with van der Waals surface area (Å²) in [5.41, 5.74) is 2.20. The largest absolute Gasteiger partial charge is 0.493 e. The van der Waals surface area contributed by atoms with Crippen LogP contribution in [0.4, 0.5) is 0 Å². The van der Waals surface area contributed by atoms with Gasteiger partial charge in [0.1, 0.15) is 5.75 Å². The molecule has 2 aromatic carbocycles. The van der Waals surface area contributed by atoms with Crippen molar-refractivity contribution in [2.45, 2.75) is 19.0 Å². The number of halogens is 2. The number of nitrogens with one attached hydrogen (secondary N) is 2. The van der Waals surface area contributed by atoms with Crippen molar-refractivity contribution < 1.29 is 9.53 Å². The van der Waals surface area contributed by atoms with E-state index in [1.807, 2.05) is 42.5 Å². The SMILES string of the molecule is CN(C)C(=O)CNC(=NCc1ccc(Br)cc1)NC1CCOc2ccccc21.I.